The van der Waals surface area contributed by atoms with Crippen LogP contribution in [0.3, 0.4) is 0 Å². The second kappa shape index (κ2) is 5.81. The predicted molar refractivity (Wildman–Crippen MR) is 74.0 cm³/mol. The van der Waals surface area contributed by atoms with Gasteiger partial charge >= 0.3 is 12.0 Å². The van der Waals surface area contributed by atoms with E-state index in [9.17, 15) is 14.7 Å². The Labute approximate surface area is 117 Å². The molecule has 0 unspecified atom stereocenters. The molecular formula is C14H18N2O4. The average molecular weight is 278 g/mol. The third kappa shape index (κ3) is 2.84. The summed E-state index contributed by atoms with van der Waals surface area (Å²) in [7, 11) is 1.51. The van der Waals surface area contributed by atoms with Crippen molar-refractivity contribution in [3.05, 3.63) is 24.3 Å². The van der Waals surface area contributed by atoms with Crippen molar-refractivity contribution in [2.75, 3.05) is 12.4 Å². The van der Waals surface area contributed by atoms with Crippen molar-refractivity contribution in [1.82, 2.24) is 5.32 Å². The second-order valence-corrected chi connectivity index (χ2v) is 4.87. The Balaban J connectivity index is 2.07. The van der Waals surface area contributed by atoms with E-state index in [1.54, 1.807) is 24.3 Å². The molecule has 1 saturated carbocycles. The first-order valence-corrected chi connectivity index (χ1v) is 6.53. The Morgan fingerprint density at radius 1 is 1.25 bits per heavy atom. The maximum atomic E-state index is 12.0. The van der Waals surface area contributed by atoms with Gasteiger partial charge in [-0.1, -0.05) is 25.0 Å². The lowest BCUT2D eigenvalue weighted by Gasteiger charge is -2.25. The second-order valence-electron chi connectivity index (χ2n) is 4.87. The molecule has 1 aromatic rings. The fourth-order valence-corrected chi connectivity index (χ4v) is 2.49. The lowest BCUT2D eigenvalue weighted by atomic mass is 9.98. The molecule has 6 heteroatoms. The van der Waals surface area contributed by atoms with Crippen LogP contribution in [0.25, 0.3) is 0 Å². The highest BCUT2D eigenvalue weighted by atomic mass is 16.5. The van der Waals surface area contributed by atoms with E-state index in [-0.39, 0.29) is 0 Å². The molecule has 108 valence electrons. The van der Waals surface area contributed by atoms with E-state index in [2.05, 4.69) is 10.6 Å². The van der Waals surface area contributed by atoms with Crippen molar-refractivity contribution in [3.8, 4) is 5.75 Å². The number of amides is 2. The fourth-order valence-electron chi connectivity index (χ4n) is 2.49. The van der Waals surface area contributed by atoms with Crippen LogP contribution in [0, 0.1) is 0 Å². The number of anilines is 1. The van der Waals surface area contributed by atoms with Gasteiger partial charge in [0, 0.05) is 0 Å². The third-order valence-electron chi connectivity index (χ3n) is 3.57. The molecule has 3 N–H and O–H groups in total. The molecule has 0 saturated heterocycles. The minimum atomic E-state index is -1.15. The largest absolute Gasteiger partial charge is 0.495 e. The fraction of sp³-hybridized carbons (Fsp3) is 0.429. The predicted octanol–water partition coefficient (Wildman–Crippen LogP) is 2.21. The normalized spacial score (nSPS) is 16.4. The lowest BCUT2D eigenvalue weighted by molar-refractivity contribution is -0.144. The number of nitrogens with one attached hydrogen (secondary N) is 2. The molecule has 20 heavy (non-hydrogen) atoms. The van der Waals surface area contributed by atoms with Gasteiger partial charge in [0.1, 0.15) is 11.3 Å². The zero-order valence-corrected chi connectivity index (χ0v) is 11.3. The van der Waals surface area contributed by atoms with E-state index >= 15 is 0 Å². The minimum absolute atomic E-state index is 0.460. The van der Waals surface area contributed by atoms with Gasteiger partial charge in [-0.25, -0.2) is 9.59 Å². The monoisotopic (exact) mass is 278 g/mol. The van der Waals surface area contributed by atoms with Crippen molar-refractivity contribution in [2.45, 2.75) is 31.2 Å². The number of ether oxygens (including phenoxy) is 1. The number of methoxy groups -OCH3 is 1. The number of hydrogen-bond acceptors (Lipinski definition) is 3. The summed E-state index contributed by atoms with van der Waals surface area (Å²) >= 11 is 0. The van der Waals surface area contributed by atoms with E-state index in [1.165, 1.54) is 7.11 Å². The standard InChI is InChI=1S/C14H18N2O4/c1-20-11-7-3-2-6-10(11)15-13(19)16-14(12(17)18)8-4-5-9-14/h2-3,6-7H,4-5,8-9H2,1H3,(H,17,18)(H2,15,16,19). The molecular weight excluding hydrogens is 260 g/mol. The quantitative estimate of drug-likeness (QED) is 0.788. The van der Waals surface area contributed by atoms with Gasteiger partial charge in [-0.3, -0.25) is 0 Å². The van der Waals surface area contributed by atoms with Gasteiger partial charge in [-0.2, -0.15) is 0 Å². The summed E-state index contributed by atoms with van der Waals surface area (Å²) in [6, 6.07) is 6.44. The highest BCUT2D eigenvalue weighted by Gasteiger charge is 2.42. The lowest BCUT2D eigenvalue weighted by Crippen LogP contribution is -2.53. The van der Waals surface area contributed by atoms with Crippen molar-refractivity contribution in [2.24, 2.45) is 0 Å². The molecule has 0 atom stereocenters. The van der Waals surface area contributed by atoms with Crippen LogP contribution < -0.4 is 15.4 Å². The maximum Gasteiger partial charge on any atom is 0.329 e. The van der Waals surface area contributed by atoms with Gasteiger partial charge in [0.2, 0.25) is 0 Å². The Morgan fingerprint density at radius 2 is 1.90 bits per heavy atom. The first-order valence-electron chi connectivity index (χ1n) is 6.53. The number of carboxylic acid groups (broad SMARTS) is 1. The SMILES string of the molecule is COc1ccccc1NC(=O)NC1(C(=O)O)CCCC1. The zero-order valence-electron chi connectivity index (χ0n) is 11.3. The average Bonchev–Trinajstić information content (AvgIpc) is 2.89. The van der Waals surface area contributed by atoms with Crippen molar-refractivity contribution in [1.29, 1.82) is 0 Å². The van der Waals surface area contributed by atoms with E-state index in [4.69, 9.17) is 4.74 Å². The Hall–Kier alpha value is -2.24. The van der Waals surface area contributed by atoms with Crippen LogP contribution in [0.4, 0.5) is 10.5 Å². The van der Waals surface area contributed by atoms with E-state index in [0.717, 1.165) is 12.8 Å². The van der Waals surface area contributed by atoms with Crippen LogP contribution in [-0.4, -0.2) is 29.8 Å². The molecule has 0 radical (unpaired) electrons. The van der Waals surface area contributed by atoms with Crippen LogP contribution in [0.1, 0.15) is 25.7 Å². The minimum Gasteiger partial charge on any atom is -0.495 e. The number of para-hydroxylation sites is 2. The van der Waals surface area contributed by atoms with E-state index in [1.807, 2.05) is 0 Å². The summed E-state index contributed by atoms with van der Waals surface area (Å²) in [6.07, 6.45) is 2.53. The van der Waals surface area contributed by atoms with Crippen LogP contribution in [0.2, 0.25) is 0 Å². The van der Waals surface area contributed by atoms with Gasteiger partial charge in [0.15, 0.2) is 0 Å². The number of urea groups is 1. The maximum absolute atomic E-state index is 12.0. The molecule has 6 nitrogen and oxygen atoms in total. The Morgan fingerprint density at radius 3 is 2.50 bits per heavy atom. The summed E-state index contributed by atoms with van der Waals surface area (Å²) in [5.74, 6) is -0.455. The van der Waals surface area contributed by atoms with Gasteiger partial charge in [0.25, 0.3) is 0 Å². The van der Waals surface area contributed by atoms with Crippen LogP contribution >= 0.6 is 0 Å². The first kappa shape index (κ1) is 14.2. The summed E-state index contributed by atoms with van der Waals surface area (Å²) in [4.78, 5) is 23.4. The smallest absolute Gasteiger partial charge is 0.329 e. The van der Waals surface area contributed by atoms with Crippen molar-refractivity contribution < 1.29 is 19.4 Å². The third-order valence-corrected chi connectivity index (χ3v) is 3.57. The molecule has 0 aromatic heterocycles. The summed E-state index contributed by atoms with van der Waals surface area (Å²) in [6.45, 7) is 0. The number of hydrogen-bond donors (Lipinski definition) is 3. The molecule has 1 aliphatic rings. The van der Waals surface area contributed by atoms with Crippen LogP contribution in [-0.2, 0) is 4.79 Å². The zero-order chi connectivity index (χ0) is 14.6. The molecule has 2 rings (SSSR count). The molecule has 1 aromatic carbocycles. The molecule has 1 aliphatic carbocycles. The molecule has 0 heterocycles. The number of benzene rings is 1. The summed E-state index contributed by atoms with van der Waals surface area (Å²) in [5.41, 5.74) is -0.641. The van der Waals surface area contributed by atoms with E-state index < -0.39 is 17.5 Å². The Bertz CT molecular complexity index is 510. The number of carbonyl (C=O) groups is 2. The molecule has 2 amide bonds. The van der Waals surface area contributed by atoms with Gasteiger partial charge in [-0.15, -0.1) is 0 Å². The molecule has 1 fully saturated rings. The molecule has 0 aliphatic heterocycles. The first-order chi connectivity index (χ1) is 9.57. The van der Waals surface area contributed by atoms with Crippen molar-refractivity contribution in [3.63, 3.8) is 0 Å². The van der Waals surface area contributed by atoms with Gasteiger partial charge in [-0.05, 0) is 25.0 Å². The van der Waals surface area contributed by atoms with Gasteiger partial charge in [0.05, 0.1) is 12.8 Å². The topological polar surface area (TPSA) is 87.7 Å². The molecule has 0 bridgehead atoms. The Kier molecular flexibility index (Phi) is 4.12. The van der Waals surface area contributed by atoms with Crippen molar-refractivity contribution >= 4 is 17.7 Å². The highest BCUT2D eigenvalue weighted by molar-refractivity contribution is 5.95. The van der Waals surface area contributed by atoms with Gasteiger partial charge < -0.3 is 20.5 Å². The van der Waals surface area contributed by atoms with E-state index in [0.29, 0.717) is 24.3 Å². The molecule has 0 spiro atoms. The number of aliphatic carboxylic acids is 1. The summed E-state index contributed by atoms with van der Waals surface area (Å²) < 4.78 is 5.13. The highest BCUT2D eigenvalue weighted by Crippen LogP contribution is 2.30. The number of rotatable bonds is 4. The van der Waals surface area contributed by atoms with Crippen LogP contribution in [0.5, 0.6) is 5.75 Å². The van der Waals surface area contributed by atoms with Crippen LogP contribution in [0.15, 0.2) is 24.3 Å². The number of carbonyl (C=O) groups excluding carboxylic acids is 1. The number of carboxylic acids is 1. The summed E-state index contributed by atoms with van der Waals surface area (Å²) in [5, 5.41) is 14.5.